The Balaban J connectivity index is 2.37. The first kappa shape index (κ1) is 14.7. The third kappa shape index (κ3) is 3.07. The molecule has 0 aromatic heterocycles. The molecule has 2 rings (SSSR count). The molecule has 20 heavy (non-hydrogen) atoms. The van der Waals surface area contributed by atoms with Crippen molar-refractivity contribution in [3.8, 4) is 11.5 Å². The molecule has 0 heterocycles. The SMILES string of the molecule is CCc1ccc(C(Cl)c2cc(OC)ccc2OC)cc1. The maximum atomic E-state index is 6.60. The van der Waals surface area contributed by atoms with Crippen LogP contribution in [0.2, 0.25) is 0 Å². The van der Waals surface area contributed by atoms with E-state index in [9.17, 15) is 0 Å². The van der Waals surface area contributed by atoms with Crippen LogP contribution >= 0.6 is 11.6 Å². The number of benzene rings is 2. The van der Waals surface area contributed by atoms with Crippen molar-refractivity contribution in [3.05, 3.63) is 59.2 Å². The number of hydrogen-bond acceptors (Lipinski definition) is 2. The number of ether oxygens (including phenoxy) is 2. The molecular formula is C17H19ClO2. The van der Waals surface area contributed by atoms with Crippen LogP contribution in [0.4, 0.5) is 0 Å². The van der Waals surface area contributed by atoms with E-state index in [-0.39, 0.29) is 5.38 Å². The van der Waals surface area contributed by atoms with Gasteiger partial charge in [-0.15, -0.1) is 11.6 Å². The van der Waals surface area contributed by atoms with Crippen LogP contribution in [0, 0.1) is 0 Å². The van der Waals surface area contributed by atoms with Crippen molar-refractivity contribution in [1.29, 1.82) is 0 Å². The van der Waals surface area contributed by atoms with Crippen molar-refractivity contribution < 1.29 is 9.47 Å². The van der Waals surface area contributed by atoms with Crippen molar-refractivity contribution in [1.82, 2.24) is 0 Å². The molecule has 0 aliphatic carbocycles. The molecule has 2 aromatic rings. The van der Waals surface area contributed by atoms with Crippen molar-refractivity contribution in [2.45, 2.75) is 18.7 Å². The summed E-state index contributed by atoms with van der Waals surface area (Å²) in [4.78, 5) is 0. The predicted molar refractivity (Wildman–Crippen MR) is 83.1 cm³/mol. The first-order chi connectivity index (χ1) is 9.69. The van der Waals surface area contributed by atoms with E-state index in [1.165, 1.54) is 5.56 Å². The summed E-state index contributed by atoms with van der Waals surface area (Å²) < 4.78 is 10.7. The molecule has 1 atom stereocenters. The zero-order valence-corrected chi connectivity index (χ0v) is 12.8. The number of alkyl halides is 1. The zero-order chi connectivity index (χ0) is 14.5. The quantitative estimate of drug-likeness (QED) is 0.750. The van der Waals surface area contributed by atoms with Gasteiger partial charge in [0.15, 0.2) is 0 Å². The molecule has 0 spiro atoms. The topological polar surface area (TPSA) is 18.5 Å². The lowest BCUT2D eigenvalue weighted by atomic mass is 10.0. The first-order valence-corrected chi connectivity index (χ1v) is 7.08. The molecule has 0 saturated heterocycles. The van der Waals surface area contributed by atoms with Crippen molar-refractivity contribution in [2.75, 3.05) is 14.2 Å². The number of rotatable bonds is 5. The number of hydrogen-bond donors (Lipinski definition) is 0. The average Bonchev–Trinajstić information content (AvgIpc) is 2.53. The molecule has 0 aliphatic rings. The standard InChI is InChI=1S/C17H19ClO2/c1-4-12-5-7-13(8-6-12)17(18)15-11-14(19-2)9-10-16(15)20-3/h5-11,17H,4H2,1-3H3. The summed E-state index contributed by atoms with van der Waals surface area (Å²) in [6, 6.07) is 14.0. The molecule has 0 saturated carbocycles. The molecule has 1 unspecified atom stereocenters. The normalized spacial score (nSPS) is 12.0. The Hall–Kier alpha value is -1.67. The van der Waals surface area contributed by atoms with Gasteiger partial charge in [0.1, 0.15) is 11.5 Å². The van der Waals surface area contributed by atoms with Gasteiger partial charge in [0.2, 0.25) is 0 Å². The predicted octanol–water partition coefficient (Wildman–Crippen LogP) is 4.59. The van der Waals surface area contributed by atoms with Gasteiger partial charge in [-0.3, -0.25) is 0 Å². The van der Waals surface area contributed by atoms with Crippen molar-refractivity contribution >= 4 is 11.6 Å². The Morgan fingerprint density at radius 2 is 1.70 bits per heavy atom. The van der Waals surface area contributed by atoms with Gasteiger partial charge in [0.25, 0.3) is 0 Å². The average molecular weight is 291 g/mol. The van der Waals surface area contributed by atoms with Gasteiger partial charge in [-0.1, -0.05) is 31.2 Å². The highest BCUT2D eigenvalue weighted by atomic mass is 35.5. The monoisotopic (exact) mass is 290 g/mol. The van der Waals surface area contributed by atoms with E-state index in [4.69, 9.17) is 21.1 Å². The van der Waals surface area contributed by atoms with E-state index >= 15 is 0 Å². The highest BCUT2D eigenvalue weighted by Gasteiger charge is 2.16. The zero-order valence-electron chi connectivity index (χ0n) is 12.0. The smallest absolute Gasteiger partial charge is 0.124 e. The minimum Gasteiger partial charge on any atom is -0.497 e. The molecule has 3 heteroatoms. The summed E-state index contributed by atoms with van der Waals surface area (Å²) in [6.07, 6.45) is 1.02. The van der Waals surface area contributed by atoms with Crippen LogP contribution in [0.3, 0.4) is 0 Å². The van der Waals surface area contributed by atoms with Gasteiger partial charge < -0.3 is 9.47 Å². The molecule has 0 N–H and O–H groups in total. The van der Waals surface area contributed by atoms with E-state index in [0.717, 1.165) is 29.0 Å². The fourth-order valence-electron chi connectivity index (χ4n) is 2.14. The lowest BCUT2D eigenvalue weighted by Gasteiger charge is -2.16. The Bertz CT molecular complexity index is 564. The van der Waals surface area contributed by atoms with Crippen LogP contribution in [-0.4, -0.2) is 14.2 Å². The molecule has 0 fully saturated rings. The van der Waals surface area contributed by atoms with E-state index in [2.05, 4.69) is 31.2 Å². The molecule has 0 bridgehead atoms. The molecular weight excluding hydrogens is 272 g/mol. The number of methoxy groups -OCH3 is 2. The molecule has 106 valence electrons. The Kier molecular flexibility index (Phi) is 4.91. The fourth-order valence-corrected chi connectivity index (χ4v) is 2.46. The molecule has 2 nitrogen and oxygen atoms in total. The summed E-state index contributed by atoms with van der Waals surface area (Å²) >= 11 is 6.60. The van der Waals surface area contributed by atoms with Crippen molar-refractivity contribution in [2.24, 2.45) is 0 Å². The molecule has 0 radical (unpaired) electrons. The van der Waals surface area contributed by atoms with Gasteiger partial charge in [-0.25, -0.2) is 0 Å². The van der Waals surface area contributed by atoms with Crippen LogP contribution < -0.4 is 9.47 Å². The molecule has 0 aliphatic heterocycles. The van der Waals surface area contributed by atoms with Gasteiger partial charge in [-0.05, 0) is 35.7 Å². The largest absolute Gasteiger partial charge is 0.497 e. The summed E-state index contributed by atoms with van der Waals surface area (Å²) in [5, 5.41) is -0.258. The van der Waals surface area contributed by atoms with Gasteiger partial charge in [0.05, 0.1) is 19.6 Å². The Morgan fingerprint density at radius 3 is 2.25 bits per heavy atom. The summed E-state index contributed by atoms with van der Waals surface area (Å²) in [5.41, 5.74) is 3.27. The molecule has 0 amide bonds. The summed E-state index contributed by atoms with van der Waals surface area (Å²) in [5.74, 6) is 1.54. The van der Waals surface area contributed by atoms with Crippen LogP contribution in [0.5, 0.6) is 11.5 Å². The van der Waals surface area contributed by atoms with Crippen LogP contribution in [0.1, 0.15) is 29.0 Å². The van der Waals surface area contributed by atoms with E-state index in [1.54, 1.807) is 14.2 Å². The molecule has 2 aromatic carbocycles. The lowest BCUT2D eigenvalue weighted by molar-refractivity contribution is 0.399. The fraction of sp³-hybridized carbons (Fsp3) is 0.294. The third-order valence-corrected chi connectivity index (χ3v) is 3.88. The second-order valence-corrected chi connectivity index (χ2v) is 5.00. The van der Waals surface area contributed by atoms with Gasteiger partial charge in [-0.2, -0.15) is 0 Å². The highest BCUT2D eigenvalue weighted by Crippen LogP contribution is 2.37. The third-order valence-electron chi connectivity index (χ3n) is 3.39. The highest BCUT2D eigenvalue weighted by molar-refractivity contribution is 6.22. The van der Waals surface area contributed by atoms with Crippen molar-refractivity contribution in [3.63, 3.8) is 0 Å². The second-order valence-electron chi connectivity index (χ2n) is 4.57. The van der Waals surface area contributed by atoms with Gasteiger partial charge in [0, 0.05) is 5.56 Å². The number of aryl methyl sites for hydroxylation is 1. The van der Waals surface area contributed by atoms with E-state index < -0.39 is 0 Å². The minimum atomic E-state index is -0.258. The minimum absolute atomic E-state index is 0.258. The second kappa shape index (κ2) is 6.67. The van der Waals surface area contributed by atoms with Gasteiger partial charge >= 0.3 is 0 Å². The van der Waals surface area contributed by atoms with Crippen LogP contribution in [0.15, 0.2) is 42.5 Å². The summed E-state index contributed by atoms with van der Waals surface area (Å²) in [7, 11) is 3.29. The van der Waals surface area contributed by atoms with Crippen LogP contribution in [-0.2, 0) is 6.42 Å². The van der Waals surface area contributed by atoms with E-state index in [0.29, 0.717) is 0 Å². The van der Waals surface area contributed by atoms with E-state index in [1.807, 2.05) is 18.2 Å². The first-order valence-electron chi connectivity index (χ1n) is 6.64. The number of halogens is 1. The Labute approximate surface area is 125 Å². The maximum absolute atomic E-state index is 6.60. The van der Waals surface area contributed by atoms with Crippen LogP contribution in [0.25, 0.3) is 0 Å². The Morgan fingerprint density at radius 1 is 1.00 bits per heavy atom. The summed E-state index contributed by atoms with van der Waals surface area (Å²) in [6.45, 7) is 2.14. The lowest BCUT2D eigenvalue weighted by Crippen LogP contribution is -1.99. The maximum Gasteiger partial charge on any atom is 0.124 e.